The van der Waals surface area contributed by atoms with Crippen LogP contribution in [0.1, 0.15) is 12.0 Å². The number of thioether (sulfide) groups is 1. The summed E-state index contributed by atoms with van der Waals surface area (Å²) in [6.45, 7) is 0. The van der Waals surface area contributed by atoms with E-state index >= 15 is 0 Å². The molecule has 2 aromatic rings. The van der Waals surface area contributed by atoms with Crippen LogP contribution in [0.5, 0.6) is 0 Å². The van der Waals surface area contributed by atoms with Gasteiger partial charge in [-0.1, -0.05) is 34.1 Å². The van der Waals surface area contributed by atoms with Gasteiger partial charge in [-0.3, -0.25) is 0 Å². The monoisotopic (exact) mass is 336 g/mol. The molecule has 0 spiro atoms. The fraction of sp³-hybridized carbons (Fsp3) is 0.400. The van der Waals surface area contributed by atoms with Crippen molar-refractivity contribution in [2.75, 3.05) is 23.5 Å². The average Bonchev–Trinajstić information content (AvgIpc) is 2.99. The smallest absolute Gasteiger partial charge is 0.133 e. The first-order valence-corrected chi connectivity index (χ1v) is 8.82. The predicted molar refractivity (Wildman–Crippen MR) is 88.5 cm³/mol. The molecule has 19 heavy (non-hydrogen) atoms. The molecule has 0 radical (unpaired) electrons. The summed E-state index contributed by atoms with van der Waals surface area (Å²) in [5.41, 5.74) is 2.36. The number of alkyl halides is 1. The number of benzene rings is 1. The van der Waals surface area contributed by atoms with Crippen LogP contribution >= 0.6 is 27.7 Å². The van der Waals surface area contributed by atoms with Crippen molar-refractivity contribution in [3.8, 4) is 0 Å². The molecular weight excluding hydrogens is 320 g/mol. The Morgan fingerprint density at radius 2 is 2.26 bits per heavy atom. The first kappa shape index (κ1) is 13.3. The molecule has 2 nitrogen and oxygen atoms in total. The van der Waals surface area contributed by atoms with Crippen molar-refractivity contribution >= 4 is 44.4 Å². The lowest BCUT2D eigenvalue weighted by molar-refractivity contribution is 0.691. The van der Waals surface area contributed by atoms with E-state index in [0.29, 0.717) is 6.04 Å². The third kappa shape index (κ3) is 2.61. The number of halogens is 1. The number of fused-ring (bicyclic) bond motifs is 1. The van der Waals surface area contributed by atoms with Gasteiger partial charge >= 0.3 is 0 Å². The van der Waals surface area contributed by atoms with E-state index in [0.717, 1.165) is 16.7 Å². The molecule has 0 bridgehead atoms. The second-order valence-electron chi connectivity index (χ2n) is 4.93. The van der Waals surface area contributed by atoms with Crippen LogP contribution in [0.4, 0.5) is 5.82 Å². The Hall–Kier alpha value is -0.740. The predicted octanol–water partition coefficient (Wildman–Crippen LogP) is 4.07. The van der Waals surface area contributed by atoms with Crippen LogP contribution in [0.25, 0.3) is 10.9 Å². The maximum atomic E-state index is 4.88. The Kier molecular flexibility index (Phi) is 3.99. The molecule has 1 saturated heterocycles. The van der Waals surface area contributed by atoms with E-state index in [9.17, 15) is 0 Å². The molecule has 0 amide bonds. The van der Waals surface area contributed by atoms with Gasteiger partial charge in [-0.25, -0.2) is 4.98 Å². The van der Waals surface area contributed by atoms with Gasteiger partial charge in [-0.2, -0.15) is 11.8 Å². The summed E-state index contributed by atoms with van der Waals surface area (Å²) in [4.78, 5) is 7.24. The molecular formula is C15H17BrN2S. The van der Waals surface area contributed by atoms with Crippen LogP contribution in [-0.4, -0.2) is 29.6 Å². The van der Waals surface area contributed by atoms with Crippen LogP contribution in [0.15, 0.2) is 30.3 Å². The van der Waals surface area contributed by atoms with E-state index in [2.05, 4.69) is 58.2 Å². The minimum absolute atomic E-state index is 0.622. The molecule has 3 rings (SSSR count). The number of rotatable bonds is 3. The van der Waals surface area contributed by atoms with Crippen LogP contribution < -0.4 is 4.90 Å². The van der Waals surface area contributed by atoms with Crippen LogP contribution in [0.2, 0.25) is 0 Å². The van der Waals surface area contributed by atoms with Gasteiger partial charge in [-0.05, 0) is 24.3 Å². The number of nitrogens with zero attached hydrogens (tertiary/aromatic N) is 2. The summed E-state index contributed by atoms with van der Waals surface area (Å²) in [6, 6.07) is 11.2. The number of para-hydroxylation sites is 1. The van der Waals surface area contributed by atoms with Crippen LogP contribution in [0.3, 0.4) is 0 Å². The highest BCUT2D eigenvalue weighted by Crippen LogP contribution is 2.30. The molecule has 1 aromatic carbocycles. The lowest BCUT2D eigenvalue weighted by atomic mass is 10.1. The van der Waals surface area contributed by atoms with Crippen LogP contribution in [-0.2, 0) is 5.33 Å². The first-order valence-electron chi connectivity index (χ1n) is 6.55. The topological polar surface area (TPSA) is 16.1 Å². The van der Waals surface area contributed by atoms with Crippen molar-refractivity contribution in [3.05, 3.63) is 35.9 Å². The maximum absolute atomic E-state index is 4.88. The summed E-state index contributed by atoms with van der Waals surface area (Å²) in [6.07, 6.45) is 1.26. The molecule has 4 heteroatoms. The fourth-order valence-electron chi connectivity index (χ4n) is 2.55. The molecule has 1 unspecified atom stereocenters. The fourth-order valence-corrected chi connectivity index (χ4v) is 4.23. The Morgan fingerprint density at radius 3 is 3.00 bits per heavy atom. The molecule has 2 heterocycles. The number of pyridine rings is 1. The van der Waals surface area contributed by atoms with Gasteiger partial charge in [0.2, 0.25) is 0 Å². The normalized spacial score (nSPS) is 18.9. The Bertz CT molecular complexity index is 581. The van der Waals surface area contributed by atoms with Gasteiger partial charge in [-0.15, -0.1) is 0 Å². The van der Waals surface area contributed by atoms with Crippen molar-refractivity contribution in [1.82, 2.24) is 4.98 Å². The first-order chi connectivity index (χ1) is 9.29. The van der Waals surface area contributed by atoms with Crippen molar-refractivity contribution < 1.29 is 0 Å². The quantitative estimate of drug-likeness (QED) is 0.786. The summed E-state index contributed by atoms with van der Waals surface area (Å²) in [7, 11) is 2.18. The highest BCUT2D eigenvalue weighted by molar-refractivity contribution is 9.08. The largest absolute Gasteiger partial charge is 0.356 e. The van der Waals surface area contributed by atoms with Crippen molar-refractivity contribution in [2.24, 2.45) is 0 Å². The Labute approximate surface area is 126 Å². The third-order valence-electron chi connectivity index (χ3n) is 3.71. The summed E-state index contributed by atoms with van der Waals surface area (Å²) >= 11 is 5.64. The maximum Gasteiger partial charge on any atom is 0.133 e. The molecule has 1 aliphatic rings. The standard InChI is InChI=1S/C15H17BrN2S/c1-18(13-6-7-19-10-13)15-12(9-16)8-11-4-2-3-5-14(11)17-15/h2-5,8,13H,6-7,9-10H2,1H3. The molecule has 0 N–H and O–H groups in total. The van der Waals surface area contributed by atoms with Gasteiger partial charge in [0.05, 0.1) is 5.52 Å². The molecule has 0 aliphatic carbocycles. The van der Waals surface area contributed by atoms with Gasteiger partial charge in [0.1, 0.15) is 5.82 Å². The molecule has 0 saturated carbocycles. The Balaban J connectivity index is 2.05. The highest BCUT2D eigenvalue weighted by atomic mass is 79.9. The Morgan fingerprint density at radius 1 is 1.42 bits per heavy atom. The second kappa shape index (κ2) is 5.71. The van der Waals surface area contributed by atoms with Gasteiger partial charge in [0.25, 0.3) is 0 Å². The molecule has 1 atom stereocenters. The minimum Gasteiger partial charge on any atom is -0.356 e. The number of hydrogen-bond donors (Lipinski definition) is 0. The molecule has 1 aromatic heterocycles. The van der Waals surface area contributed by atoms with Crippen molar-refractivity contribution in [1.29, 1.82) is 0 Å². The van der Waals surface area contributed by atoms with E-state index in [1.54, 1.807) is 0 Å². The number of aromatic nitrogens is 1. The number of anilines is 1. The highest BCUT2D eigenvalue weighted by Gasteiger charge is 2.23. The average molecular weight is 337 g/mol. The SMILES string of the molecule is CN(c1nc2ccccc2cc1CBr)C1CCSC1. The summed E-state index contributed by atoms with van der Waals surface area (Å²) in [5.74, 6) is 3.61. The zero-order valence-electron chi connectivity index (χ0n) is 11.0. The zero-order valence-corrected chi connectivity index (χ0v) is 13.4. The summed E-state index contributed by atoms with van der Waals surface area (Å²) in [5, 5.41) is 2.07. The lowest BCUT2D eigenvalue weighted by Crippen LogP contribution is -2.32. The second-order valence-corrected chi connectivity index (χ2v) is 6.64. The molecule has 100 valence electrons. The summed E-state index contributed by atoms with van der Waals surface area (Å²) < 4.78 is 0. The van der Waals surface area contributed by atoms with Gasteiger partial charge < -0.3 is 4.90 Å². The van der Waals surface area contributed by atoms with E-state index in [1.807, 2.05) is 11.8 Å². The third-order valence-corrected chi connectivity index (χ3v) is 5.46. The van der Waals surface area contributed by atoms with E-state index < -0.39 is 0 Å². The minimum atomic E-state index is 0.622. The van der Waals surface area contributed by atoms with E-state index in [-0.39, 0.29) is 0 Å². The van der Waals surface area contributed by atoms with Crippen molar-refractivity contribution in [3.63, 3.8) is 0 Å². The van der Waals surface area contributed by atoms with Crippen LogP contribution in [0, 0.1) is 0 Å². The molecule has 1 aliphatic heterocycles. The lowest BCUT2D eigenvalue weighted by Gasteiger charge is -2.27. The zero-order chi connectivity index (χ0) is 13.2. The van der Waals surface area contributed by atoms with Crippen molar-refractivity contribution in [2.45, 2.75) is 17.8 Å². The van der Waals surface area contributed by atoms with E-state index in [4.69, 9.17) is 4.98 Å². The van der Waals surface area contributed by atoms with Gasteiger partial charge in [0, 0.05) is 35.1 Å². The van der Waals surface area contributed by atoms with E-state index in [1.165, 1.54) is 28.9 Å². The number of hydrogen-bond acceptors (Lipinski definition) is 3. The molecule has 1 fully saturated rings. The van der Waals surface area contributed by atoms with Gasteiger partial charge in [0.15, 0.2) is 0 Å².